The fourth-order valence-corrected chi connectivity index (χ4v) is 3.58. The number of hydrogen-bond acceptors (Lipinski definition) is 4. The topological polar surface area (TPSA) is 84.2 Å². The number of oxazole rings is 1. The lowest BCUT2D eigenvalue weighted by atomic mass is 10.0. The molecule has 27 heavy (non-hydrogen) atoms. The Morgan fingerprint density at radius 3 is 2.70 bits per heavy atom. The highest BCUT2D eigenvalue weighted by Crippen LogP contribution is 2.29. The van der Waals surface area contributed by atoms with Crippen LogP contribution in [0.5, 0.6) is 0 Å². The fraction of sp³-hybridized carbons (Fsp3) is 0.476. The van der Waals surface area contributed by atoms with Crippen LogP contribution in [0, 0.1) is 12.8 Å². The van der Waals surface area contributed by atoms with E-state index in [1.807, 2.05) is 25.1 Å². The molecule has 1 aromatic carbocycles. The van der Waals surface area contributed by atoms with E-state index in [-0.39, 0.29) is 11.8 Å². The van der Waals surface area contributed by atoms with Gasteiger partial charge in [0.05, 0.1) is 17.8 Å². The van der Waals surface area contributed by atoms with Gasteiger partial charge in [0.15, 0.2) is 0 Å². The Labute approximate surface area is 159 Å². The largest absolute Gasteiger partial charge is 0.441 e. The molecule has 1 aromatic heterocycles. The van der Waals surface area contributed by atoms with Crippen molar-refractivity contribution in [3.05, 3.63) is 35.7 Å². The van der Waals surface area contributed by atoms with Gasteiger partial charge >= 0.3 is 0 Å². The van der Waals surface area contributed by atoms with E-state index < -0.39 is 0 Å². The van der Waals surface area contributed by atoms with Gasteiger partial charge in [-0.1, -0.05) is 37.8 Å². The van der Waals surface area contributed by atoms with Gasteiger partial charge in [-0.2, -0.15) is 0 Å². The van der Waals surface area contributed by atoms with Crippen molar-refractivity contribution < 1.29 is 14.0 Å². The first-order chi connectivity index (χ1) is 13.0. The summed E-state index contributed by atoms with van der Waals surface area (Å²) in [5, 5.41) is 5.73. The van der Waals surface area contributed by atoms with Crippen LogP contribution in [0.2, 0.25) is 0 Å². The van der Waals surface area contributed by atoms with Gasteiger partial charge in [-0.05, 0) is 31.4 Å². The molecule has 1 fully saturated rings. The molecule has 144 valence electrons. The standard InChI is InChI=1S/C21H27N3O3/c1-14-19(13-22-20(26)12-11-16-7-3-4-8-16)24-21(27-14)17-9-5-6-10-18(17)23-15(2)25/h5-6,9-10,16H,3-4,7-8,11-13H2,1-2H3,(H,22,26)(H,23,25). The maximum absolute atomic E-state index is 12.1. The lowest BCUT2D eigenvalue weighted by Gasteiger charge is -2.08. The lowest BCUT2D eigenvalue weighted by molar-refractivity contribution is -0.121. The third-order valence-corrected chi connectivity index (χ3v) is 5.07. The number of carbonyl (C=O) groups excluding carboxylic acids is 2. The smallest absolute Gasteiger partial charge is 0.228 e. The second-order valence-electron chi connectivity index (χ2n) is 7.21. The maximum atomic E-state index is 12.1. The minimum atomic E-state index is -0.152. The molecule has 1 heterocycles. The highest BCUT2D eigenvalue weighted by Gasteiger charge is 2.18. The van der Waals surface area contributed by atoms with Gasteiger partial charge in [-0.15, -0.1) is 0 Å². The lowest BCUT2D eigenvalue weighted by Crippen LogP contribution is -2.23. The molecule has 0 saturated heterocycles. The highest BCUT2D eigenvalue weighted by atomic mass is 16.4. The number of rotatable bonds is 7. The Balaban J connectivity index is 1.61. The predicted molar refractivity (Wildman–Crippen MR) is 104 cm³/mol. The van der Waals surface area contributed by atoms with E-state index in [1.54, 1.807) is 6.07 Å². The quantitative estimate of drug-likeness (QED) is 0.766. The average Bonchev–Trinajstić information content (AvgIpc) is 3.28. The first-order valence-corrected chi connectivity index (χ1v) is 9.63. The maximum Gasteiger partial charge on any atom is 0.228 e. The number of benzene rings is 1. The fourth-order valence-electron chi connectivity index (χ4n) is 3.58. The molecule has 0 radical (unpaired) electrons. The third kappa shape index (κ3) is 5.18. The second kappa shape index (κ2) is 8.84. The van der Waals surface area contributed by atoms with Crippen LogP contribution in [0.1, 0.15) is 56.9 Å². The average molecular weight is 369 g/mol. The Hall–Kier alpha value is -2.63. The predicted octanol–water partition coefficient (Wildman–Crippen LogP) is 4.20. The van der Waals surface area contributed by atoms with Crippen LogP contribution >= 0.6 is 0 Å². The minimum absolute atomic E-state index is 0.0597. The Bertz CT molecular complexity index is 807. The van der Waals surface area contributed by atoms with Gasteiger partial charge < -0.3 is 15.1 Å². The van der Waals surface area contributed by atoms with Crippen LogP contribution in [-0.4, -0.2) is 16.8 Å². The summed E-state index contributed by atoms with van der Waals surface area (Å²) in [5.41, 5.74) is 2.07. The summed E-state index contributed by atoms with van der Waals surface area (Å²) in [6, 6.07) is 7.36. The van der Waals surface area contributed by atoms with E-state index >= 15 is 0 Å². The Morgan fingerprint density at radius 2 is 1.96 bits per heavy atom. The van der Waals surface area contributed by atoms with Gasteiger partial charge in [-0.3, -0.25) is 9.59 Å². The monoisotopic (exact) mass is 369 g/mol. The molecule has 0 atom stereocenters. The van der Waals surface area contributed by atoms with Crippen LogP contribution < -0.4 is 10.6 Å². The number of amides is 2. The van der Waals surface area contributed by atoms with E-state index in [0.717, 1.165) is 12.0 Å². The van der Waals surface area contributed by atoms with Crippen molar-refractivity contribution in [3.63, 3.8) is 0 Å². The molecule has 1 aliphatic rings. The molecule has 0 aliphatic heterocycles. The minimum Gasteiger partial charge on any atom is -0.441 e. The molecule has 2 amide bonds. The molecular formula is C21H27N3O3. The van der Waals surface area contributed by atoms with E-state index in [0.29, 0.717) is 41.9 Å². The third-order valence-electron chi connectivity index (χ3n) is 5.07. The summed E-state index contributed by atoms with van der Waals surface area (Å²) < 4.78 is 5.78. The molecule has 1 aliphatic carbocycles. The number of para-hydroxylation sites is 1. The van der Waals surface area contributed by atoms with Crippen molar-refractivity contribution in [1.82, 2.24) is 10.3 Å². The molecule has 6 heteroatoms. The van der Waals surface area contributed by atoms with Gasteiger partial charge in [0.25, 0.3) is 0 Å². The summed E-state index contributed by atoms with van der Waals surface area (Å²) in [5.74, 6) is 1.72. The van der Waals surface area contributed by atoms with E-state index in [1.165, 1.54) is 32.6 Å². The summed E-state index contributed by atoms with van der Waals surface area (Å²) in [4.78, 5) is 28.0. The number of aromatic nitrogens is 1. The SMILES string of the molecule is CC(=O)Nc1ccccc1-c1nc(CNC(=O)CCC2CCCC2)c(C)o1. The number of anilines is 1. The van der Waals surface area contributed by atoms with Crippen LogP contribution in [0.3, 0.4) is 0 Å². The summed E-state index contributed by atoms with van der Waals surface area (Å²) in [6.07, 6.45) is 6.65. The second-order valence-corrected chi connectivity index (χ2v) is 7.21. The van der Waals surface area contributed by atoms with Crippen LogP contribution in [0.15, 0.2) is 28.7 Å². The van der Waals surface area contributed by atoms with E-state index in [2.05, 4.69) is 15.6 Å². The molecule has 0 bridgehead atoms. The first-order valence-electron chi connectivity index (χ1n) is 9.63. The Morgan fingerprint density at radius 1 is 1.22 bits per heavy atom. The molecule has 1 saturated carbocycles. The zero-order chi connectivity index (χ0) is 19.2. The number of carbonyl (C=O) groups is 2. The first kappa shape index (κ1) is 19.1. The van der Waals surface area contributed by atoms with Gasteiger partial charge in [-0.25, -0.2) is 4.98 Å². The van der Waals surface area contributed by atoms with Crippen molar-refractivity contribution in [2.45, 2.75) is 58.9 Å². The number of nitrogens with one attached hydrogen (secondary N) is 2. The highest BCUT2D eigenvalue weighted by molar-refractivity contribution is 5.93. The number of aryl methyl sites for hydroxylation is 1. The van der Waals surface area contributed by atoms with Gasteiger partial charge in [0.1, 0.15) is 11.5 Å². The molecular weight excluding hydrogens is 342 g/mol. The molecule has 3 rings (SSSR count). The van der Waals surface area contributed by atoms with Crippen LogP contribution in [-0.2, 0) is 16.1 Å². The van der Waals surface area contributed by atoms with Gasteiger partial charge in [0, 0.05) is 13.3 Å². The van der Waals surface area contributed by atoms with Crippen molar-refractivity contribution >= 4 is 17.5 Å². The molecule has 2 aromatic rings. The van der Waals surface area contributed by atoms with Crippen LogP contribution in [0.4, 0.5) is 5.69 Å². The van der Waals surface area contributed by atoms with E-state index in [4.69, 9.17) is 4.42 Å². The summed E-state index contributed by atoms with van der Waals surface area (Å²) in [7, 11) is 0. The zero-order valence-corrected chi connectivity index (χ0v) is 16.0. The van der Waals surface area contributed by atoms with Crippen molar-refractivity contribution in [2.75, 3.05) is 5.32 Å². The molecule has 2 N–H and O–H groups in total. The van der Waals surface area contributed by atoms with Crippen molar-refractivity contribution in [1.29, 1.82) is 0 Å². The summed E-state index contributed by atoms with van der Waals surface area (Å²) >= 11 is 0. The van der Waals surface area contributed by atoms with Crippen molar-refractivity contribution in [3.8, 4) is 11.5 Å². The normalized spacial score (nSPS) is 14.3. The van der Waals surface area contributed by atoms with Crippen molar-refractivity contribution in [2.24, 2.45) is 5.92 Å². The van der Waals surface area contributed by atoms with E-state index in [9.17, 15) is 9.59 Å². The molecule has 0 unspecified atom stereocenters. The number of nitrogens with zero attached hydrogens (tertiary/aromatic N) is 1. The zero-order valence-electron chi connectivity index (χ0n) is 16.0. The van der Waals surface area contributed by atoms with Gasteiger partial charge in [0.2, 0.25) is 17.7 Å². The Kier molecular flexibility index (Phi) is 6.27. The molecule has 0 spiro atoms. The number of hydrogen-bond donors (Lipinski definition) is 2. The summed E-state index contributed by atoms with van der Waals surface area (Å²) in [6.45, 7) is 3.64. The molecule has 6 nitrogen and oxygen atoms in total. The van der Waals surface area contributed by atoms with Crippen LogP contribution in [0.25, 0.3) is 11.5 Å².